The lowest BCUT2D eigenvalue weighted by molar-refractivity contribution is 0.435. The van der Waals surface area contributed by atoms with Crippen molar-refractivity contribution in [3.8, 4) is 0 Å². The predicted octanol–water partition coefficient (Wildman–Crippen LogP) is 3.35. The zero-order valence-corrected chi connectivity index (χ0v) is 12.2. The van der Waals surface area contributed by atoms with Gasteiger partial charge in [0.1, 0.15) is 5.82 Å². The fraction of sp³-hybridized carbons (Fsp3) is 0.625. The first-order valence-corrected chi connectivity index (χ1v) is 7.30. The number of hydrogen-bond acceptors (Lipinski definition) is 2. The second kappa shape index (κ2) is 6.38. The maximum absolute atomic E-state index is 14.0. The maximum Gasteiger partial charge on any atom is 0.146 e. The molecule has 106 valence electrons. The minimum atomic E-state index is -0.101. The molecule has 2 nitrogen and oxygen atoms in total. The van der Waals surface area contributed by atoms with E-state index in [9.17, 15) is 4.39 Å². The molecule has 1 fully saturated rings. The number of hydrogen-bond donors (Lipinski definition) is 1. The van der Waals surface area contributed by atoms with E-state index in [0.717, 1.165) is 43.7 Å². The summed E-state index contributed by atoms with van der Waals surface area (Å²) in [5, 5.41) is 3.58. The monoisotopic (exact) mass is 264 g/mol. The molecule has 0 saturated carbocycles. The van der Waals surface area contributed by atoms with Crippen molar-refractivity contribution >= 4 is 5.69 Å². The van der Waals surface area contributed by atoms with E-state index >= 15 is 0 Å². The summed E-state index contributed by atoms with van der Waals surface area (Å²) in [6.45, 7) is 9.36. The summed E-state index contributed by atoms with van der Waals surface area (Å²) in [7, 11) is 0. The van der Waals surface area contributed by atoms with E-state index in [1.807, 2.05) is 19.1 Å². The molecule has 19 heavy (non-hydrogen) atoms. The van der Waals surface area contributed by atoms with E-state index in [2.05, 4.69) is 24.1 Å². The molecule has 1 N–H and O–H groups in total. The second-order valence-corrected chi connectivity index (χ2v) is 6.04. The summed E-state index contributed by atoms with van der Waals surface area (Å²) in [6, 6.07) is 5.84. The summed E-state index contributed by atoms with van der Waals surface area (Å²) >= 11 is 0. The zero-order valence-electron chi connectivity index (χ0n) is 12.2. The molecule has 0 aliphatic carbocycles. The van der Waals surface area contributed by atoms with Crippen LogP contribution < -0.4 is 10.2 Å². The first-order chi connectivity index (χ1) is 9.06. The summed E-state index contributed by atoms with van der Waals surface area (Å²) < 4.78 is 14.0. The Hall–Kier alpha value is -1.09. The summed E-state index contributed by atoms with van der Waals surface area (Å²) in [5.74, 6) is 0.565. The fourth-order valence-electron chi connectivity index (χ4n) is 2.81. The normalized spacial score (nSPS) is 20.7. The van der Waals surface area contributed by atoms with Gasteiger partial charge >= 0.3 is 0 Å². The van der Waals surface area contributed by atoms with Gasteiger partial charge in [0.05, 0.1) is 5.69 Å². The number of rotatable bonds is 3. The Balaban J connectivity index is 2.15. The highest BCUT2D eigenvalue weighted by atomic mass is 19.1. The smallest absolute Gasteiger partial charge is 0.146 e. The molecule has 0 amide bonds. The lowest BCUT2D eigenvalue weighted by Gasteiger charge is -2.28. The Bertz CT molecular complexity index is 417. The van der Waals surface area contributed by atoms with Crippen LogP contribution >= 0.6 is 0 Å². The van der Waals surface area contributed by atoms with Crippen LogP contribution in [0.25, 0.3) is 0 Å². The van der Waals surface area contributed by atoms with E-state index in [4.69, 9.17) is 0 Å². The van der Waals surface area contributed by atoms with Crippen LogP contribution in [0, 0.1) is 18.7 Å². The van der Waals surface area contributed by atoms with E-state index in [0.29, 0.717) is 12.0 Å². The standard InChI is InChI=1S/C16H25FN2/c1-12(2)9-14-11-19(8-4-7-18-14)16-10-13(3)5-6-15(16)17/h5-6,10,12,14,18H,4,7-9,11H2,1-3H3. The van der Waals surface area contributed by atoms with Gasteiger partial charge in [-0.2, -0.15) is 0 Å². The van der Waals surface area contributed by atoms with E-state index < -0.39 is 0 Å². The summed E-state index contributed by atoms with van der Waals surface area (Å²) in [5.41, 5.74) is 1.88. The van der Waals surface area contributed by atoms with Crippen LogP contribution in [0.4, 0.5) is 10.1 Å². The lowest BCUT2D eigenvalue weighted by atomic mass is 10.0. The van der Waals surface area contributed by atoms with Gasteiger partial charge in [0.25, 0.3) is 0 Å². The molecule has 1 aliphatic rings. The Kier molecular flexibility index (Phi) is 4.81. The van der Waals surface area contributed by atoms with Crippen molar-refractivity contribution in [2.45, 2.75) is 39.7 Å². The quantitative estimate of drug-likeness (QED) is 0.900. The molecule has 1 saturated heterocycles. The molecular weight excluding hydrogens is 239 g/mol. The van der Waals surface area contributed by atoms with Crippen LogP contribution in [-0.2, 0) is 0 Å². The van der Waals surface area contributed by atoms with Gasteiger partial charge in [0, 0.05) is 19.1 Å². The number of anilines is 1. The van der Waals surface area contributed by atoms with Crippen LogP contribution in [0.1, 0.15) is 32.3 Å². The highest BCUT2D eigenvalue weighted by Crippen LogP contribution is 2.23. The minimum Gasteiger partial charge on any atom is -0.368 e. The van der Waals surface area contributed by atoms with Crippen molar-refractivity contribution in [1.82, 2.24) is 5.32 Å². The number of benzene rings is 1. The van der Waals surface area contributed by atoms with Gasteiger partial charge in [0.2, 0.25) is 0 Å². The van der Waals surface area contributed by atoms with E-state index in [-0.39, 0.29) is 5.82 Å². The lowest BCUT2D eigenvalue weighted by Crippen LogP contribution is -2.38. The average molecular weight is 264 g/mol. The molecule has 1 unspecified atom stereocenters. The van der Waals surface area contributed by atoms with Crippen molar-refractivity contribution in [2.24, 2.45) is 5.92 Å². The first-order valence-electron chi connectivity index (χ1n) is 7.30. The fourth-order valence-corrected chi connectivity index (χ4v) is 2.81. The van der Waals surface area contributed by atoms with Gasteiger partial charge in [-0.15, -0.1) is 0 Å². The van der Waals surface area contributed by atoms with Crippen LogP contribution in [0.2, 0.25) is 0 Å². The highest BCUT2D eigenvalue weighted by Gasteiger charge is 2.20. The van der Waals surface area contributed by atoms with E-state index in [1.165, 1.54) is 0 Å². The third-order valence-corrected chi connectivity index (χ3v) is 3.68. The molecule has 0 spiro atoms. The molecule has 1 aliphatic heterocycles. The summed E-state index contributed by atoms with van der Waals surface area (Å²) in [6.07, 6.45) is 2.21. The molecule has 1 aromatic rings. The SMILES string of the molecule is Cc1ccc(F)c(N2CCCNC(CC(C)C)C2)c1. The molecule has 0 aromatic heterocycles. The van der Waals surface area contributed by atoms with Gasteiger partial charge < -0.3 is 10.2 Å². The average Bonchev–Trinajstić information content (AvgIpc) is 2.57. The van der Waals surface area contributed by atoms with Crippen LogP contribution in [0.5, 0.6) is 0 Å². The molecule has 1 aromatic carbocycles. The largest absolute Gasteiger partial charge is 0.368 e. The molecule has 2 rings (SSSR count). The van der Waals surface area contributed by atoms with Crippen molar-refractivity contribution in [1.29, 1.82) is 0 Å². The second-order valence-electron chi connectivity index (χ2n) is 6.04. The number of halogens is 1. The number of nitrogens with one attached hydrogen (secondary N) is 1. The highest BCUT2D eigenvalue weighted by molar-refractivity contribution is 5.50. The Morgan fingerprint density at radius 1 is 1.42 bits per heavy atom. The molecule has 1 heterocycles. The maximum atomic E-state index is 14.0. The third kappa shape index (κ3) is 3.93. The van der Waals surface area contributed by atoms with Crippen molar-refractivity contribution < 1.29 is 4.39 Å². The van der Waals surface area contributed by atoms with Crippen molar-refractivity contribution in [3.63, 3.8) is 0 Å². The molecule has 0 bridgehead atoms. The van der Waals surface area contributed by atoms with Crippen LogP contribution in [-0.4, -0.2) is 25.7 Å². The Morgan fingerprint density at radius 2 is 2.21 bits per heavy atom. The molecule has 1 atom stereocenters. The van der Waals surface area contributed by atoms with Gasteiger partial charge in [0.15, 0.2) is 0 Å². The summed E-state index contributed by atoms with van der Waals surface area (Å²) in [4.78, 5) is 2.20. The van der Waals surface area contributed by atoms with Gasteiger partial charge in [-0.05, 0) is 49.9 Å². The third-order valence-electron chi connectivity index (χ3n) is 3.68. The zero-order chi connectivity index (χ0) is 13.8. The predicted molar refractivity (Wildman–Crippen MR) is 79.2 cm³/mol. The topological polar surface area (TPSA) is 15.3 Å². The van der Waals surface area contributed by atoms with Crippen LogP contribution in [0.15, 0.2) is 18.2 Å². The van der Waals surface area contributed by atoms with Gasteiger partial charge in [-0.1, -0.05) is 19.9 Å². The Labute approximate surface area is 116 Å². The van der Waals surface area contributed by atoms with Crippen LogP contribution in [0.3, 0.4) is 0 Å². The van der Waals surface area contributed by atoms with Crippen molar-refractivity contribution in [2.75, 3.05) is 24.5 Å². The van der Waals surface area contributed by atoms with E-state index in [1.54, 1.807) is 6.07 Å². The minimum absolute atomic E-state index is 0.101. The number of aryl methyl sites for hydroxylation is 1. The number of nitrogens with zero attached hydrogens (tertiary/aromatic N) is 1. The molecular formula is C16H25FN2. The van der Waals surface area contributed by atoms with Crippen molar-refractivity contribution in [3.05, 3.63) is 29.6 Å². The van der Waals surface area contributed by atoms with Gasteiger partial charge in [-0.3, -0.25) is 0 Å². The molecule has 3 heteroatoms. The van der Waals surface area contributed by atoms with Gasteiger partial charge in [-0.25, -0.2) is 4.39 Å². The molecule has 0 radical (unpaired) electrons. The first kappa shape index (κ1) is 14.3. The Morgan fingerprint density at radius 3 is 2.95 bits per heavy atom.